The Morgan fingerprint density at radius 2 is 1.87 bits per heavy atom. The van der Waals surface area contributed by atoms with Crippen LogP contribution in [0.15, 0.2) is 65.8 Å². The Kier molecular flexibility index (Phi) is 5.67. The number of benzene rings is 2. The highest BCUT2D eigenvalue weighted by Crippen LogP contribution is 2.35. The molecule has 0 aliphatic rings. The van der Waals surface area contributed by atoms with E-state index in [-0.39, 0.29) is 5.91 Å². The van der Waals surface area contributed by atoms with E-state index >= 15 is 0 Å². The number of carbonyl (C=O) groups is 1. The van der Waals surface area contributed by atoms with Gasteiger partial charge in [0.15, 0.2) is 0 Å². The zero-order chi connectivity index (χ0) is 21.1. The van der Waals surface area contributed by atoms with E-state index in [4.69, 9.17) is 4.74 Å². The van der Waals surface area contributed by atoms with E-state index in [9.17, 15) is 4.79 Å². The quantitative estimate of drug-likeness (QED) is 0.471. The second-order valence-corrected chi connectivity index (χ2v) is 7.85. The average Bonchev–Trinajstić information content (AvgIpc) is 3.15. The Bertz CT molecular complexity index is 1190. The minimum absolute atomic E-state index is 0.167. The van der Waals surface area contributed by atoms with E-state index < -0.39 is 5.25 Å². The largest absolute Gasteiger partial charge is 0.497 e. The second-order valence-electron chi connectivity index (χ2n) is 6.77. The number of hydrogen-bond donors (Lipinski definition) is 1. The molecule has 2 heterocycles. The molecule has 1 atom stereocenters. The molecule has 0 radical (unpaired) electrons. The van der Waals surface area contributed by atoms with Gasteiger partial charge in [0, 0.05) is 23.1 Å². The lowest BCUT2D eigenvalue weighted by molar-refractivity contribution is -0.115. The van der Waals surface area contributed by atoms with E-state index in [1.54, 1.807) is 17.7 Å². The summed E-state index contributed by atoms with van der Waals surface area (Å²) in [6, 6.07) is 18.8. The summed E-state index contributed by atoms with van der Waals surface area (Å²) in [6.45, 7) is 3.87. The number of nitrogens with one attached hydrogen (secondary N) is 1. The number of methoxy groups -OCH3 is 1. The van der Waals surface area contributed by atoms with Gasteiger partial charge >= 0.3 is 0 Å². The first kappa shape index (κ1) is 19.9. The van der Waals surface area contributed by atoms with Crippen LogP contribution in [-0.4, -0.2) is 32.6 Å². The summed E-state index contributed by atoms with van der Waals surface area (Å²) < 4.78 is 6.94. The fourth-order valence-electron chi connectivity index (χ4n) is 3.11. The Hall–Kier alpha value is -3.39. The molecule has 0 fully saturated rings. The SMILES string of the molecule is COc1cccc(NC(=O)[C@H](Sc2nc3nc(C)cc(C)n3n2)c2ccccc2)c1. The van der Waals surface area contributed by atoms with Crippen LogP contribution in [0.5, 0.6) is 5.75 Å². The number of thioether (sulfide) groups is 1. The van der Waals surface area contributed by atoms with Crippen LogP contribution in [-0.2, 0) is 4.79 Å². The third-order valence-electron chi connectivity index (χ3n) is 4.50. The van der Waals surface area contributed by atoms with Crippen molar-refractivity contribution >= 4 is 29.1 Å². The Labute approximate surface area is 178 Å². The zero-order valence-electron chi connectivity index (χ0n) is 16.9. The van der Waals surface area contributed by atoms with Gasteiger partial charge in [-0.2, -0.15) is 4.98 Å². The van der Waals surface area contributed by atoms with Gasteiger partial charge in [0.05, 0.1) is 7.11 Å². The fraction of sp³-hybridized carbons (Fsp3) is 0.182. The van der Waals surface area contributed by atoms with E-state index in [2.05, 4.69) is 20.4 Å². The minimum atomic E-state index is -0.531. The molecule has 7 nitrogen and oxygen atoms in total. The maximum Gasteiger partial charge on any atom is 0.253 e. The average molecular weight is 420 g/mol. The molecule has 0 spiro atoms. The Morgan fingerprint density at radius 3 is 2.63 bits per heavy atom. The molecule has 0 saturated heterocycles. The van der Waals surface area contributed by atoms with Crippen molar-refractivity contribution < 1.29 is 9.53 Å². The molecule has 0 aliphatic heterocycles. The maximum atomic E-state index is 13.2. The van der Waals surface area contributed by atoms with Crippen LogP contribution >= 0.6 is 11.8 Å². The van der Waals surface area contributed by atoms with Gasteiger partial charge in [0.1, 0.15) is 11.0 Å². The number of ether oxygens (including phenoxy) is 1. The molecule has 0 unspecified atom stereocenters. The van der Waals surface area contributed by atoms with Gasteiger partial charge in [-0.05, 0) is 37.6 Å². The van der Waals surface area contributed by atoms with Crippen LogP contribution in [0.4, 0.5) is 5.69 Å². The summed E-state index contributed by atoms with van der Waals surface area (Å²) in [7, 11) is 1.59. The minimum Gasteiger partial charge on any atom is -0.497 e. The third-order valence-corrected chi connectivity index (χ3v) is 5.61. The van der Waals surface area contributed by atoms with Gasteiger partial charge in [-0.25, -0.2) is 9.50 Å². The number of rotatable bonds is 6. The standard InChI is InChI=1S/C22H21N5O2S/c1-14-12-15(2)27-21(23-14)25-22(26-27)30-19(16-8-5-4-6-9-16)20(28)24-17-10-7-11-18(13-17)29-3/h4-13,19H,1-3H3,(H,24,28)/t19-/m1/s1. The first-order chi connectivity index (χ1) is 14.5. The Morgan fingerprint density at radius 1 is 1.07 bits per heavy atom. The molecule has 30 heavy (non-hydrogen) atoms. The molecular formula is C22H21N5O2S. The van der Waals surface area contributed by atoms with E-state index in [1.165, 1.54) is 11.8 Å². The molecule has 152 valence electrons. The zero-order valence-corrected chi connectivity index (χ0v) is 17.7. The van der Waals surface area contributed by atoms with Gasteiger partial charge in [0.2, 0.25) is 11.1 Å². The number of anilines is 1. The lowest BCUT2D eigenvalue weighted by atomic mass is 10.1. The third kappa shape index (κ3) is 4.28. The molecule has 0 saturated carbocycles. The van der Waals surface area contributed by atoms with Crippen LogP contribution in [0.25, 0.3) is 5.78 Å². The van der Waals surface area contributed by atoms with Gasteiger partial charge in [-0.3, -0.25) is 4.79 Å². The van der Waals surface area contributed by atoms with Crippen molar-refractivity contribution in [1.82, 2.24) is 19.6 Å². The van der Waals surface area contributed by atoms with Crippen molar-refractivity contribution in [2.75, 3.05) is 12.4 Å². The smallest absolute Gasteiger partial charge is 0.253 e. The topological polar surface area (TPSA) is 81.4 Å². The van der Waals surface area contributed by atoms with Crippen LogP contribution in [0.1, 0.15) is 22.2 Å². The monoisotopic (exact) mass is 419 g/mol. The lowest BCUT2D eigenvalue weighted by Crippen LogP contribution is -2.19. The van der Waals surface area contributed by atoms with Crippen LogP contribution in [0.3, 0.4) is 0 Å². The Balaban J connectivity index is 1.65. The number of aryl methyl sites for hydroxylation is 2. The highest BCUT2D eigenvalue weighted by molar-refractivity contribution is 8.00. The summed E-state index contributed by atoms with van der Waals surface area (Å²) in [6.07, 6.45) is 0. The number of nitrogens with zero attached hydrogens (tertiary/aromatic N) is 4. The highest BCUT2D eigenvalue weighted by atomic mass is 32.2. The van der Waals surface area contributed by atoms with Crippen LogP contribution in [0.2, 0.25) is 0 Å². The summed E-state index contributed by atoms with van der Waals surface area (Å²) >= 11 is 1.29. The summed E-state index contributed by atoms with van der Waals surface area (Å²) in [5.74, 6) is 1.03. The molecule has 0 bridgehead atoms. The van der Waals surface area contributed by atoms with Gasteiger partial charge < -0.3 is 10.1 Å². The maximum absolute atomic E-state index is 13.2. The van der Waals surface area contributed by atoms with Gasteiger partial charge in [0.25, 0.3) is 5.78 Å². The molecule has 2 aromatic carbocycles. The second kappa shape index (κ2) is 8.54. The van der Waals surface area contributed by atoms with E-state index in [0.717, 1.165) is 17.0 Å². The van der Waals surface area contributed by atoms with Crippen molar-refractivity contribution in [3.05, 3.63) is 77.6 Å². The van der Waals surface area contributed by atoms with Crippen LogP contribution in [0, 0.1) is 13.8 Å². The van der Waals surface area contributed by atoms with Crippen molar-refractivity contribution in [2.45, 2.75) is 24.3 Å². The first-order valence-electron chi connectivity index (χ1n) is 9.41. The number of fused-ring (bicyclic) bond motifs is 1. The fourth-order valence-corrected chi connectivity index (χ4v) is 4.05. The molecule has 0 aliphatic carbocycles. The van der Waals surface area contributed by atoms with Crippen molar-refractivity contribution in [3.8, 4) is 5.75 Å². The number of amides is 1. The molecular weight excluding hydrogens is 398 g/mol. The predicted molar refractivity (Wildman–Crippen MR) is 117 cm³/mol. The number of hydrogen-bond acceptors (Lipinski definition) is 6. The van der Waals surface area contributed by atoms with Gasteiger partial charge in [-0.1, -0.05) is 48.2 Å². The number of aromatic nitrogens is 4. The lowest BCUT2D eigenvalue weighted by Gasteiger charge is -2.15. The first-order valence-corrected chi connectivity index (χ1v) is 10.3. The summed E-state index contributed by atoms with van der Waals surface area (Å²) in [4.78, 5) is 22.2. The molecule has 4 rings (SSSR count). The molecule has 4 aromatic rings. The molecule has 8 heteroatoms. The molecule has 1 N–H and O–H groups in total. The van der Waals surface area contributed by atoms with Crippen molar-refractivity contribution in [3.63, 3.8) is 0 Å². The highest BCUT2D eigenvalue weighted by Gasteiger charge is 2.25. The van der Waals surface area contributed by atoms with Gasteiger partial charge in [-0.15, -0.1) is 5.10 Å². The van der Waals surface area contributed by atoms with Crippen molar-refractivity contribution in [1.29, 1.82) is 0 Å². The predicted octanol–water partition coefficient (Wildman–Crippen LogP) is 4.22. The summed E-state index contributed by atoms with van der Waals surface area (Å²) in [5.41, 5.74) is 3.34. The van der Waals surface area contributed by atoms with Crippen molar-refractivity contribution in [2.24, 2.45) is 0 Å². The van der Waals surface area contributed by atoms with Crippen LogP contribution < -0.4 is 10.1 Å². The number of carbonyl (C=O) groups excluding carboxylic acids is 1. The molecule has 2 aromatic heterocycles. The van der Waals surface area contributed by atoms with E-state index in [0.29, 0.717) is 22.4 Å². The van der Waals surface area contributed by atoms with E-state index in [1.807, 2.05) is 68.4 Å². The summed E-state index contributed by atoms with van der Waals surface area (Å²) in [5, 5.41) is 7.47. The normalized spacial score (nSPS) is 12.0. The molecule has 1 amide bonds.